The van der Waals surface area contributed by atoms with E-state index in [0.29, 0.717) is 23.4 Å². The lowest BCUT2D eigenvalue weighted by Crippen LogP contribution is -2.58. The summed E-state index contributed by atoms with van der Waals surface area (Å²) in [6.07, 6.45) is 0.145. The fourth-order valence-corrected chi connectivity index (χ4v) is 3.41. The third-order valence-corrected chi connectivity index (χ3v) is 5.05. The standard InChI is InChI=1S/C23H25ClN2O4/c1-23(2,3)30-22(29)26-13-12-25(14-20(26)15-27)21(28)18-6-4-16(5-7-18)17-8-10-19(24)11-9-17/h4-11,15,20H,12-14H2,1-3H3. The van der Waals surface area contributed by atoms with Gasteiger partial charge in [0, 0.05) is 30.2 Å². The summed E-state index contributed by atoms with van der Waals surface area (Å²) in [5.41, 5.74) is 1.86. The molecule has 0 N–H and O–H groups in total. The van der Waals surface area contributed by atoms with Crippen molar-refractivity contribution in [2.24, 2.45) is 0 Å². The van der Waals surface area contributed by atoms with Gasteiger partial charge in [-0.05, 0) is 56.2 Å². The third kappa shape index (κ3) is 5.19. The number of piperazine rings is 1. The molecule has 2 aromatic carbocycles. The SMILES string of the molecule is CC(C)(C)OC(=O)N1CCN(C(=O)c2ccc(-c3ccc(Cl)cc3)cc2)CC1C=O. The summed E-state index contributed by atoms with van der Waals surface area (Å²) in [5.74, 6) is -0.173. The maximum Gasteiger partial charge on any atom is 0.411 e. The van der Waals surface area contributed by atoms with E-state index in [4.69, 9.17) is 16.3 Å². The van der Waals surface area contributed by atoms with Crippen LogP contribution in [0.25, 0.3) is 11.1 Å². The van der Waals surface area contributed by atoms with Crippen LogP contribution in [-0.2, 0) is 9.53 Å². The van der Waals surface area contributed by atoms with Gasteiger partial charge in [-0.2, -0.15) is 0 Å². The lowest BCUT2D eigenvalue weighted by atomic mass is 10.0. The second-order valence-corrected chi connectivity index (χ2v) is 8.65. The molecule has 1 saturated heterocycles. The molecule has 0 saturated carbocycles. The Morgan fingerprint density at radius 3 is 2.10 bits per heavy atom. The molecule has 2 amide bonds. The highest BCUT2D eigenvalue weighted by molar-refractivity contribution is 6.30. The number of rotatable bonds is 3. The molecular weight excluding hydrogens is 404 g/mol. The fourth-order valence-electron chi connectivity index (χ4n) is 3.29. The lowest BCUT2D eigenvalue weighted by Gasteiger charge is -2.39. The minimum absolute atomic E-state index is 0.139. The zero-order valence-corrected chi connectivity index (χ0v) is 18.1. The molecule has 1 aliphatic rings. The minimum Gasteiger partial charge on any atom is -0.444 e. The van der Waals surface area contributed by atoms with Crippen LogP contribution in [0.4, 0.5) is 4.79 Å². The van der Waals surface area contributed by atoms with Crippen molar-refractivity contribution in [1.29, 1.82) is 0 Å². The second kappa shape index (κ2) is 8.88. The predicted octanol–water partition coefficient (Wildman–Crippen LogP) is 4.27. The molecule has 1 unspecified atom stereocenters. The number of carbonyl (C=O) groups excluding carboxylic acids is 3. The van der Waals surface area contributed by atoms with Gasteiger partial charge in [0.05, 0.1) is 0 Å². The highest BCUT2D eigenvalue weighted by Gasteiger charge is 2.35. The molecule has 1 heterocycles. The van der Waals surface area contributed by atoms with Gasteiger partial charge in [0.25, 0.3) is 5.91 Å². The fraction of sp³-hybridized carbons (Fsp3) is 0.348. The molecule has 6 nitrogen and oxygen atoms in total. The molecule has 1 aliphatic heterocycles. The van der Waals surface area contributed by atoms with Crippen LogP contribution in [0.1, 0.15) is 31.1 Å². The van der Waals surface area contributed by atoms with E-state index in [2.05, 4.69) is 0 Å². The van der Waals surface area contributed by atoms with Crippen LogP contribution in [0.2, 0.25) is 5.02 Å². The number of benzene rings is 2. The van der Waals surface area contributed by atoms with Gasteiger partial charge in [-0.15, -0.1) is 0 Å². The van der Waals surface area contributed by atoms with E-state index in [9.17, 15) is 14.4 Å². The van der Waals surface area contributed by atoms with Crippen molar-refractivity contribution < 1.29 is 19.1 Å². The molecule has 3 rings (SSSR count). The quantitative estimate of drug-likeness (QED) is 0.685. The summed E-state index contributed by atoms with van der Waals surface area (Å²) in [5, 5.41) is 0.667. The van der Waals surface area contributed by atoms with Gasteiger partial charge in [-0.25, -0.2) is 4.79 Å². The van der Waals surface area contributed by atoms with E-state index < -0.39 is 17.7 Å². The number of ether oxygens (including phenoxy) is 1. The van der Waals surface area contributed by atoms with Crippen LogP contribution in [0.15, 0.2) is 48.5 Å². The summed E-state index contributed by atoms with van der Waals surface area (Å²) in [7, 11) is 0. The van der Waals surface area contributed by atoms with Crippen molar-refractivity contribution in [3.63, 3.8) is 0 Å². The van der Waals surface area contributed by atoms with Gasteiger partial charge in [0.2, 0.25) is 0 Å². The molecule has 0 aromatic heterocycles. The molecule has 0 bridgehead atoms. The normalized spacial score (nSPS) is 16.9. The summed E-state index contributed by atoms with van der Waals surface area (Å²) in [6, 6.07) is 14.0. The molecule has 1 atom stereocenters. The van der Waals surface area contributed by atoms with Gasteiger partial charge >= 0.3 is 6.09 Å². The molecule has 158 valence electrons. The van der Waals surface area contributed by atoms with Crippen molar-refractivity contribution in [3.05, 3.63) is 59.1 Å². The monoisotopic (exact) mass is 428 g/mol. The Hall–Kier alpha value is -2.86. The zero-order valence-electron chi connectivity index (χ0n) is 17.3. The van der Waals surface area contributed by atoms with Gasteiger partial charge in [0.15, 0.2) is 0 Å². The summed E-state index contributed by atoms with van der Waals surface area (Å²) in [4.78, 5) is 39.8. The van der Waals surface area contributed by atoms with Crippen LogP contribution in [0.3, 0.4) is 0 Å². The first-order valence-electron chi connectivity index (χ1n) is 9.78. The Morgan fingerprint density at radius 2 is 1.57 bits per heavy atom. The molecular formula is C23H25ClN2O4. The Balaban J connectivity index is 1.68. The van der Waals surface area contributed by atoms with E-state index in [1.165, 1.54) is 4.90 Å². The number of aldehydes is 1. The zero-order chi connectivity index (χ0) is 21.9. The predicted molar refractivity (Wildman–Crippen MR) is 116 cm³/mol. The highest BCUT2D eigenvalue weighted by atomic mass is 35.5. The topological polar surface area (TPSA) is 66.9 Å². The number of hydrogen-bond donors (Lipinski definition) is 0. The average Bonchev–Trinajstić information content (AvgIpc) is 2.72. The van der Waals surface area contributed by atoms with E-state index >= 15 is 0 Å². The van der Waals surface area contributed by atoms with Crippen LogP contribution in [-0.4, -0.2) is 59.4 Å². The van der Waals surface area contributed by atoms with Gasteiger partial charge in [-0.3, -0.25) is 9.69 Å². The average molecular weight is 429 g/mol. The van der Waals surface area contributed by atoms with Crippen LogP contribution in [0.5, 0.6) is 0 Å². The molecule has 0 spiro atoms. The number of amides is 2. The van der Waals surface area contributed by atoms with Crippen molar-refractivity contribution in [3.8, 4) is 11.1 Å². The summed E-state index contributed by atoms with van der Waals surface area (Å²) < 4.78 is 5.37. The van der Waals surface area contributed by atoms with Crippen LogP contribution >= 0.6 is 11.6 Å². The van der Waals surface area contributed by atoms with Gasteiger partial charge < -0.3 is 14.4 Å². The van der Waals surface area contributed by atoms with E-state index in [1.807, 2.05) is 36.4 Å². The maximum absolute atomic E-state index is 12.9. The summed E-state index contributed by atoms with van der Waals surface area (Å²) in [6.45, 7) is 6.03. The first-order valence-corrected chi connectivity index (χ1v) is 10.2. The summed E-state index contributed by atoms with van der Waals surface area (Å²) >= 11 is 5.93. The number of nitrogens with zero attached hydrogens (tertiary/aromatic N) is 2. The van der Waals surface area contributed by atoms with Crippen molar-refractivity contribution >= 4 is 29.9 Å². The Labute approximate surface area is 181 Å². The minimum atomic E-state index is -0.731. The molecule has 2 aromatic rings. The first-order chi connectivity index (χ1) is 14.2. The maximum atomic E-state index is 12.9. The Bertz CT molecular complexity index is 920. The van der Waals surface area contributed by atoms with Crippen LogP contribution < -0.4 is 0 Å². The highest BCUT2D eigenvalue weighted by Crippen LogP contribution is 2.23. The number of carbonyl (C=O) groups is 3. The second-order valence-electron chi connectivity index (χ2n) is 8.21. The number of hydrogen-bond acceptors (Lipinski definition) is 4. The molecule has 0 aliphatic carbocycles. The van der Waals surface area contributed by atoms with Crippen molar-refractivity contribution in [2.75, 3.05) is 19.6 Å². The largest absolute Gasteiger partial charge is 0.444 e. The first kappa shape index (κ1) is 21.8. The van der Waals surface area contributed by atoms with Gasteiger partial charge in [0.1, 0.15) is 17.9 Å². The van der Waals surface area contributed by atoms with E-state index in [-0.39, 0.29) is 19.0 Å². The lowest BCUT2D eigenvalue weighted by molar-refractivity contribution is -0.114. The smallest absolute Gasteiger partial charge is 0.411 e. The molecule has 0 radical (unpaired) electrons. The van der Waals surface area contributed by atoms with E-state index in [0.717, 1.165) is 11.1 Å². The van der Waals surface area contributed by atoms with Crippen LogP contribution in [0, 0.1) is 0 Å². The Kier molecular flexibility index (Phi) is 6.46. The van der Waals surface area contributed by atoms with Crippen molar-refractivity contribution in [1.82, 2.24) is 9.80 Å². The molecule has 7 heteroatoms. The van der Waals surface area contributed by atoms with Gasteiger partial charge in [-0.1, -0.05) is 35.9 Å². The molecule has 1 fully saturated rings. The third-order valence-electron chi connectivity index (χ3n) is 4.80. The van der Waals surface area contributed by atoms with Crippen molar-refractivity contribution in [2.45, 2.75) is 32.4 Å². The Morgan fingerprint density at radius 1 is 1.00 bits per heavy atom. The van der Waals surface area contributed by atoms with E-state index in [1.54, 1.807) is 37.8 Å². The number of halogens is 1. The molecule has 30 heavy (non-hydrogen) atoms.